The summed E-state index contributed by atoms with van der Waals surface area (Å²) in [6.45, 7) is 7.08. The maximum Gasteiger partial charge on any atom is 0.407 e. The van der Waals surface area contributed by atoms with E-state index < -0.39 is 17.7 Å². The number of benzene rings is 1. The van der Waals surface area contributed by atoms with Crippen LogP contribution in [0, 0.1) is 12.7 Å². The van der Waals surface area contributed by atoms with E-state index in [1.54, 1.807) is 39.8 Å². The molecule has 2 aromatic rings. The molecule has 146 valence electrons. The van der Waals surface area contributed by atoms with Crippen LogP contribution in [0.4, 0.5) is 9.18 Å². The molecule has 27 heavy (non-hydrogen) atoms. The van der Waals surface area contributed by atoms with Gasteiger partial charge < -0.3 is 19.3 Å². The molecule has 2 rings (SSSR count). The van der Waals surface area contributed by atoms with Crippen molar-refractivity contribution >= 4 is 12.1 Å². The van der Waals surface area contributed by atoms with Gasteiger partial charge in [0.15, 0.2) is 5.76 Å². The highest BCUT2D eigenvalue weighted by atomic mass is 19.1. The van der Waals surface area contributed by atoms with E-state index >= 15 is 0 Å². The third-order valence-electron chi connectivity index (χ3n) is 3.49. The second-order valence-corrected chi connectivity index (χ2v) is 6.93. The first-order chi connectivity index (χ1) is 12.7. The van der Waals surface area contributed by atoms with Gasteiger partial charge in [-0.3, -0.25) is 4.79 Å². The minimum absolute atomic E-state index is 0.000954. The highest BCUT2D eigenvalue weighted by molar-refractivity contribution is 5.72. The lowest BCUT2D eigenvalue weighted by molar-refractivity contribution is -0.144. The maximum atomic E-state index is 13.0. The second-order valence-electron chi connectivity index (χ2n) is 6.93. The number of carbonyl (C=O) groups excluding carboxylic acids is 2. The van der Waals surface area contributed by atoms with Crippen LogP contribution in [0.5, 0.6) is 0 Å². The molecule has 1 amide bonds. The van der Waals surface area contributed by atoms with Crippen LogP contribution in [0.1, 0.15) is 38.4 Å². The van der Waals surface area contributed by atoms with Gasteiger partial charge in [-0.05, 0) is 52.0 Å². The molecule has 0 radical (unpaired) electrons. The molecule has 7 nitrogen and oxygen atoms in total. The average molecular weight is 378 g/mol. The van der Waals surface area contributed by atoms with E-state index in [0.29, 0.717) is 22.6 Å². The fourth-order valence-corrected chi connectivity index (χ4v) is 2.18. The molecule has 0 fully saturated rings. The lowest BCUT2D eigenvalue weighted by atomic mass is 10.1. The summed E-state index contributed by atoms with van der Waals surface area (Å²) in [6.07, 6.45) is -0.590. The summed E-state index contributed by atoms with van der Waals surface area (Å²) >= 11 is 0. The number of amides is 1. The van der Waals surface area contributed by atoms with E-state index in [1.807, 2.05) is 0 Å². The van der Waals surface area contributed by atoms with Crippen molar-refractivity contribution < 1.29 is 28.0 Å². The van der Waals surface area contributed by atoms with Crippen molar-refractivity contribution in [3.05, 3.63) is 41.3 Å². The standard InChI is InChI=1S/C19H23FN2O5/c1-12-15(22-27-17(12)13-5-7-14(20)8-6-13)11-25-16(23)9-10-21-18(24)26-19(2,3)4/h5-8H,9-11H2,1-4H3,(H,21,24). The molecule has 1 aromatic heterocycles. The number of ether oxygens (including phenoxy) is 2. The number of rotatable bonds is 6. The van der Waals surface area contributed by atoms with Gasteiger partial charge in [0, 0.05) is 17.7 Å². The Balaban J connectivity index is 1.80. The summed E-state index contributed by atoms with van der Waals surface area (Å²) in [4.78, 5) is 23.3. The Morgan fingerprint density at radius 1 is 1.22 bits per heavy atom. The van der Waals surface area contributed by atoms with Crippen molar-refractivity contribution in [1.29, 1.82) is 0 Å². The van der Waals surface area contributed by atoms with Crippen molar-refractivity contribution in [1.82, 2.24) is 10.5 Å². The van der Waals surface area contributed by atoms with Crippen LogP contribution in [0.2, 0.25) is 0 Å². The minimum atomic E-state index is -0.600. The number of esters is 1. The van der Waals surface area contributed by atoms with Gasteiger partial charge in [0.05, 0.1) is 6.42 Å². The van der Waals surface area contributed by atoms with Crippen molar-refractivity contribution in [2.75, 3.05) is 6.54 Å². The van der Waals surface area contributed by atoms with Gasteiger partial charge in [-0.2, -0.15) is 0 Å². The molecule has 0 saturated carbocycles. The predicted octanol–water partition coefficient (Wildman–Crippen LogP) is 3.75. The summed E-state index contributed by atoms with van der Waals surface area (Å²) in [5.41, 5.74) is 1.27. The Kier molecular flexibility index (Phi) is 6.55. The molecular formula is C19H23FN2O5. The normalized spacial score (nSPS) is 11.1. The first kappa shape index (κ1) is 20.4. The van der Waals surface area contributed by atoms with Gasteiger partial charge in [0.1, 0.15) is 23.7 Å². The number of nitrogens with zero attached hydrogens (tertiary/aromatic N) is 1. The monoisotopic (exact) mass is 378 g/mol. The maximum absolute atomic E-state index is 13.0. The molecule has 0 saturated heterocycles. The van der Waals surface area contributed by atoms with E-state index in [2.05, 4.69) is 10.5 Å². The number of hydrogen-bond acceptors (Lipinski definition) is 6. The Hall–Kier alpha value is -2.90. The highest BCUT2D eigenvalue weighted by Crippen LogP contribution is 2.26. The van der Waals surface area contributed by atoms with Gasteiger partial charge in [0.2, 0.25) is 0 Å². The van der Waals surface area contributed by atoms with Crippen LogP contribution in [-0.4, -0.2) is 29.4 Å². The van der Waals surface area contributed by atoms with Crippen molar-refractivity contribution in [2.24, 2.45) is 0 Å². The fraction of sp³-hybridized carbons (Fsp3) is 0.421. The lowest BCUT2D eigenvalue weighted by Gasteiger charge is -2.19. The highest BCUT2D eigenvalue weighted by Gasteiger charge is 2.17. The van der Waals surface area contributed by atoms with Crippen LogP contribution in [0.3, 0.4) is 0 Å². The van der Waals surface area contributed by atoms with E-state index in [0.717, 1.165) is 0 Å². The number of nitrogens with one attached hydrogen (secondary N) is 1. The lowest BCUT2D eigenvalue weighted by Crippen LogP contribution is -2.33. The van der Waals surface area contributed by atoms with E-state index in [4.69, 9.17) is 14.0 Å². The molecule has 8 heteroatoms. The molecule has 0 aliphatic carbocycles. The molecule has 0 unspecified atom stereocenters. The Morgan fingerprint density at radius 2 is 1.89 bits per heavy atom. The fourth-order valence-electron chi connectivity index (χ4n) is 2.18. The molecule has 0 aliphatic heterocycles. The molecule has 0 atom stereocenters. The smallest absolute Gasteiger partial charge is 0.407 e. The van der Waals surface area contributed by atoms with E-state index in [-0.39, 0.29) is 25.4 Å². The zero-order valence-electron chi connectivity index (χ0n) is 15.8. The van der Waals surface area contributed by atoms with Crippen LogP contribution in [0.15, 0.2) is 28.8 Å². The summed E-state index contributed by atoms with van der Waals surface area (Å²) in [7, 11) is 0. The summed E-state index contributed by atoms with van der Waals surface area (Å²) < 4.78 is 28.5. The Bertz CT molecular complexity index is 793. The SMILES string of the molecule is Cc1c(COC(=O)CCNC(=O)OC(C)(C)C)noc1-c1ccc(F)cc1. The summed E-state index contributed by atoms with van der Waals surface area (Å²) in [5.74, 6) is -0.338. The molecule has 1 N–H and O–H groups in total. The number of carbonyl (C=O) groups is 2. The van der Waals surface area contributed by atoms with Gasteiger partial charge >= 0.3 is 12.1 Å². The third kappa shape index (κ3) is 6.40. The predicted molar refractivity (Wildman–Crippen MR) is 95.3 cm³/mol. The van der Waals surface area contributed by atoms with Crippen LogP contribution in [-0.2, 0) is 20.9 Å². The van der Waals surface area contributed by atoms with Gasteiger partial charge in [-0.15, -0.1) is 0 Å². The largest absolute Gasteiger partial charge is 0.459 e. The molecule has 0 bridgehead atoms. The average Bonchev–Trinajstić information content (AvgIpc) is 2.93. The van der Waals surface area contributed by atoms with Crippen LogP contribution < -0.4 is 5.32 Å². The summed E-state index contributed by atoms with van der Waals surface area (Å²) in [5, 5.41) is 6.38. The minimum Gasteiger partial charge on any atom is -0.459 e. The topological polar surface area (TPSA) is 90.7 Å². The molecule has 0 aliphatic rings. The zero-order chi connectivity index (χ0) is 20.0. The van der Waals surface area contributed by atoms with Crippen molar-refractivity contribution in [3.8, 4) is 11.3 Å². The van der Waals surface area contributed by atoms with Gasteiger partial charge in [0.25, 0.3) is 0 Å². The Morgan fingerprint density at radius 3 is 2.52 bits per heavy atom. The van der Waals surface area contributed by atoms with Crippen LogP contribution >= 0.6 is 0 Å². The van der Waals surface area contributed by atoms with Crippen molar-refractivity contribution in [2.45, 2.75) is 46.3 Å². The molecule has 1 heterocycles. The first-order valence-corrected chi connectivity index (χ1v) is 8.49. The van der Waals surface area contributed by atoms with Gasteiger partial charge in [-0.1, -0.05) is 5.16 Å². The number of hydrogen-bond donors (Lipinski definition) is 1. The molecule has 1 aromatic carbocycles. The van der Waals surface area contributed by atoms with Crippen molar-refractivity contribution in [3.63, 3.8) is 0 Å². The number of aromatic nitrogens is 1. The summed E-state index contributed by atoms with van der Waals surface area (Å²) in [6, 6.07) is 5.82. The van der Waals surface area contributed by atoms with E-state index in [9.17, 15) is 14.0 Å². The van der Waals surface area contributed by atoms with E-state index in [1.165, 1.54) is 12.1 Å². The third-order valence-corrected chi connectivity index (χ3v) is 3.49. The first-order valence-electron chi connectivity index (χ1n) is 8.49. The number of alkyl carbamates (subject to hydrolysis) is 1. The molecule has 0 spiro atoms. The zero-order valence-corrected chi connectivity index (χ0v) is 15.8. The van der Waals surface area contributed by atoms with Gasteiger partial charge in [-0.25, -0.2) is 9.18 Å². The quantitative estimate of drug-likeness (QED) is 0.770. The van der Waals surface area contributed by atoms with Crippen LogP contribution in [0.25, 0.3) is 11.3 Å². The number of halogens is 1. The second kappa shape index (κ2) is 8.66. The molecular weight excluding hydrogens is 355 g/mol. The Labute approximate surface area is 156 Å².